The number of aromatic nitrogens is 2. The van der Waals surface area contributed by atoms with E-state index in [-0.39, 0.29) is 11.8 Å². The van der Waals surface area contributed by atoms with Gasteiger partial charge in [0, 0.05) is 27.0 Å². The molecule has 1 aliphatic carbocycles. The van der Waals surface area contributed by atoms with Crippen LogP contribution in [0.2, 0.25) is 0 Å². The number of nitrogens with zero attached hydrogens (tertiary/aromatic N) is 1. The number of nitrogens with one attached hydrogen (secondary N) is 2. The maximum atomic E-state index is 12.2. The third-order valence-corrected chi connectivity index (χ3v) is 4.56. The minimum atomic E-state index is -0.00391. The highest BCUT2D eigenvalue weighted by Crippen LogP contribution is 2.34. The number of halogens is 1. The molecule has 1 aliphatic heterocycles. The molecule has 1 aromatic carbocycles. The Hall–Kier alpha value is -2.14. The van der Waals surface area contributed by atoms with Crippen molar-refractivity contribution in [1.82, 2.24) is 15.5 Å². The van der Waals surface area contributed by atoms with Crippen LogP contribution in [0.15, 0.2) is 52.3 Å². The van der Waals surface area contributed by atoms with Crippen molar-refractivity contribution < 1.29 is 4.79 Å². The van der Waals surface area contributed by atoms with Crippen molar-refractivity contribution in [3.8, 4) is 0 Å². The summed E-state index contributed by atoms with van der Waals surface area (Å²) in [4.78, 5) is 12.2. The van der Waals surface area contributed by atoms with E-state index in [2.05, 4.69) is 37.5 Å². The molecule has 4 nitrogen and oxygen atoms in total. The zero-order chi connectivity index (χ0) is 14.4. The number of carbonyl (C=O) groups excluding carboxylic acids is 1. The second-order valence-corrected chi connectivity index (χ2v) is 6.08. The zero-order valence-electron chi connectivity index (χ0n) is 11.1. The van der Waals surface area contributed by atoms with E-state index in [1.807, 2.05) is 30.4 Å². The Bertz CT molecular complexity index is 844. The lowest BCUT2D eigenvalue weighted by Gasteiger charge is -2.12. The number of fused-ring (bicyclic) bond motifs is 2. The second kappa shape index (κ2) is 4.70. The van der Waals surface area contributed by atoms with Gasteiger partial charge in [0.15, 0.2) is 0 Å². The van der Waals surface area contributed by atoms with Gasteiger partial charge in [-0.15, -0.1) is 0 Å². The lowest BCUT2D eigenvalue weighted by Crippen LogP contribution is -2.13. The third kappa shape index (κ3) is 2.05. The van der Waals surface area contributed by atoms with Gasteiger partial charge in [0.25, 0.3) is 5.91 Å². The lowest BCUT2D eigenvalue weighted by atomic mass is 9.91. The van der Waals surface area contributed by atoms with Crippen LogP contribution >= 0.6 is 15.9 Å². The molecule has 0 bridgehead atoms. The summed E-state index contributed by atoms with van der Waals surface area (Å²) in [6.45, 7) is 0. The monoisotopic (exact) mass is 341 g/mol. The summed E-state index contributed by atoms with van der Waals surface area (Å²) in [5, 5.41) is 11.0. The fourth-order valence-electron chi connectivity index (χ4n) is 2.87. The standard InChI is InChI=1S/C16H12BrN3O/c17-13-6-9(7-15-12(13)8-18-20-15)5-11-10-3-1-2-4-14(10)19-16(11)21/h1-2,4-8,10H,3H2,(H,18,20)(H,19,21). The molecule has 2 aliphatic rings. The van der Waals surface area contributed by atoms with Gasteiger partial charge in [-0.3, -0.25) is 9.89 Å². The Kier molecular flexibility index (Phi) is 2.82. The number of carbonyl (C=O) groups is 1. The van der Waals surface area contributed by atoms with Crippen LogP contribution in [-0.2, 0) is 4.79 Å². The van der Waals surface area contributed by atoms with Crippen molar-refractivity contribution in [3.63, 3.8) is 0 Å². The normalized spacial score (nSPS) is 22.5. The zero-order valence-corrected chi connectivity index (χ0v) is 12.6. The molecule has 4 rings (SSSR count). The summed E-state index contributed by atoms with van der Waals surface area (Å²) in [6.07, 6.45) is 10.7. The summed E-state index contributed by atoms with van der Waals surface area (Å²) in [7, 11) is 0. The van der Waals surface area contributed by atoms with Crippen molar-refractivity contribution in [1.29, 1.82) is 0 Å². The molecule has 21 heavy (non-hydrogen) atoms. The number of hydrogen-bond acceptors (Lipinski definition) is 2. The highest BCUT2D eigenvalue weighted by molar-refractivity contribution is 9.10. The van der Waals surface area contributed by atoms with E-state index < -0.39 is 0 Å². The average Bonchev–Trinajstić information content (AvgIpc) is 3.05. The Labute approximate surface area is 129 Å². The molecule has 5 heteroatoms. The largest absolute Gasteiger partial charge is 0.325 e. The molecule has 0 saturated carbocycles. The molecule has 2 N–H and O–H groups in total. The van der Waals surface area contributed by atoms with Gasteiger partial charge in [0.1, 0.15) is 0 Å². The Morgan fingerprint density at radius 3 is 3.19 bits per heavy atom. The molecule has 1 fully saturated rings. The predicted octanol–water partition coefficient (Wildman–Crippen LogP) is 3.30. The molecule has 0 spiro atoms. The Morgan fingerprint density at radius 2 is 2.29 bits per heavy atom. The van der Waals surface area contributed by atoms with E-state index in [9.17, 15) is 4.79 Å². The highest BCUT2D eigenvalue weighted by Gasteiger charge is 2.32. The van der Waals surface area contributed by atoms with Crippen LogP contribution < -0.4 is 5.32 Å². The summed E-state index contributed by atoms with van der Waals surface area (Å²) in [5.74, 6) is 0.148. The predicted molar refractivity (Wildman–Crippen MR) is 85.2 cm³/mol. The van der Waals surface area contributed by atoms with Gasteiger partial charge in [-0.25, -0.2) is 0 Å². The van der Waals surface area contributed by atoms with Crippen LogP contribution in [-0.4, -0.2) is 16.1 Å². The number of amides is 1. The molecule has 2 heterocycles. The molecular formula is C16H12BrN3O. The van der Waals surface area contributed by atoms with Crippen LogP contribution in [0.1, 0.15) is 12.0 Å². The quantitative estimate of drug-likeness (QED) is 0.782. The lowest BCUT2D eigenvalue weighted by molar-refractivity contribution is -0.115. The van der Waals surface area contributed by atoms with E-state index in [1.165, 1.54) is 0 Å². The molecule has 1 aromatic heterocycles. The Morgan fingerprint density at radius 1 is 1.38 bits per heavy atom. The summed E-state index contributed by atoms with van der Waals surface area (Å²) in [5.41, 5.74) is 3.75. The first kappa shape index (κ1) is 12.6. The summed E-state index contributed by atoms with van der Waals surface area (Å²) >= 11 is 3.55. The van der Waals surface area contributed by atoms with Crippen LogP contribution in [0.5, 0.6) is 0 Å². The first-order chi connectivity index (χ1) is 10.2. The third-order valence-electron chi connectivity index (χ3n) is 3.91. The maximum absolute atomic E-state index is 12.2. The highest BCUT2D eigenvalue weighted by atomic mass is 79.9. The first-order valence-corrected chi connectivity index (χ1v) is 7.54. The van der Waals surface area contributed by atoms with Crippen molar-refractivity contribution in [2.24, 2.45) is 5.92 Å². The van der Waals surface area contributed by atoms with Gasteiger partial charge in [0.05, 0.1) is 11.7 Å². The van der Waals surface area contributed by atoms with Gasteiger partial charge in [-0.05, 0) is 36.3 Å². The number of allylic oxidation sites excluding steroid dienone is 4. The Balaban J connectivity index is 1.80. The van der Waals surface area contributed by atoms with Gasteiger partial charge >= 0.3 is 0 Å². The van der Waals surface area contributed by atoms with Crippen molar-refractivity contribution in [2.45, 2.75) is 6.42 Å². The smallest absolute Gasteiger partial charge is 0.252 e. The van der Waals surface area contributed by atoms with Crippen LogP contribution in [0.4, 0.5) is 0 Å². The fourth-order valence-corrected chi connectivity index (χ4v) is 3.45. The van der Waals surface area contributed by atoms with Gasteiger partial charge < -0.3 is 5.32 Å². The number of H-pyrrole nitrogens is 1. The van der Waals surface area contributed by atoms with Crippen molar-refractivity contribution in [2.75, 3.05) is 0 Å². The summed E-state index contributed by atoms with van der Waals surface area (Å²) in [6, 6.07) is 4.02. The van der Waals surface area contributed by atoms with Crippen LogP contribution in [0, 0.1) is 5.92 Å². The molecule has 1 unspecified atom stereocenters. The van der Waals surface area contributed by atoms with E-state index in [0.29, 0.717) is 0 Å². The first-order valence-electron chi connectivity index (χ1n) is 6.74. The van der Waals surface area contributed by atoms with E-state index in [1.54, 1.807) is 6.20 Å². The van der Waals surface area contributed by atoms with E-state index >= 15 is 0 Å². The molecule has 2 aromatic rings. The molecule has 104 valence electrons. The fraction of sp³-hybridized carbons (Fsp3) is 0.125. The van der Waals surface area contributed by atoms with Gasteiger partial charge in [-0.2, -0.15) is 5.10 Å². The molecular weight excluding hydrogens is 330 g/mol. The van der Waals surface area contributed by atoms with Crippen LogP contribution in [0.3, 0.4) is 0 Å². The van der Waals surface area contributed by atoms with Crippen LogP contribution in [0.25, 0.3) is 17.0 Å². The SMILES string of the molecule is O=C1NC2=CC=CCC2C1=Cc1cc(Br)c2cn[nH]c2c1. The molecule has 1 amide bonds. The van der Waals surface area contributed by atoms with E-state index in [0.717, 1.165) is 38.6 Å². The second-order valence-electron chi connectivity index (χ2n) is 5.23. The average molecular weight is 342 g/mol. The molecule has 0 radical (unpaired) electrons. The number of hydrogen-bond donors (Lipinski definition) is 2. The number of aromatic amines is 1. The minimum Gasteiger partial charge on any atom is -0.325 e. The summed E-state index contributed by atoms with van der Waals surface area (Å²) < 4.78 is 0.971. The van der Waals surface area contributed by atoms with Gasteiger partial charge in [0.2, 0.25) is 0 Å². The van der Waals surface area contributed by atoms with Crippen molar-refractivity contribution in [3.05, 3.63) is 57.9 Å². The topological polar surface area (TPSA) is 57.8 Å². The molecule has 1 saturated heterocycles. The van der Waals surface area contributed by atoms with Gasteiger partial charge in [-0.1, -0.05) is 28.1 Å². The maximum Gasteiger partial charge on any atom is 0.252 e. The minimum absolute atomic E-state index is 0.00391. The number of benzene rings is 1. The van der Waals surface area contributed by atoms with E-state index in [4.69, 9.17) is 0 Å². The molecule has 1 atom stereocenters. The number of rotatable bonds is 1. The van der Waals surface area contributed by atoms with Crippen molar-refractivity contribution >= 4 is 38.8 Å².